The molecule has 0 aliphatic carbocycles. The highest BCUT2D eigenvalue weighted by Crippen LogP contribution is 2.14. The Morgan fingerprint density at radius 2 is 1.63 bits per heavy atom. The normalized spacial score (nSPS) is 10.2. The van der Waals surface area contributed by atoms with Crippen molar-refractivity contribution in [1.82, 2.24) is 10.2 Å². The summed E-state index contributed by atoms with van der Waals surface area (Å²) in [5.41, 5.74) is 1.78. The molecule has 30 heavy (non-hydrogen) atoms. The van der Waals surface area contributed by atoms with Crippen LogP contribution >= 0.6 is 12.2 Å². The molecule has 0 spiro atoms. The van der Waals surface area contributed by atoms with Crippen molar-refractivity contribution >= 4 is 34.8 Å². The zero-order chi connectivity index (χ0) is 21.9. The molecule has 2 N–H and O–H groups in total. The minimum Gasteiger partial charge on any atom is -0.494 e. The SMILES string of the molecule is CCCN(CCC)C(=O)c1ccc(NC(=S)NC(=O)c2cccc(OCC)c2)cc1. The number of carbonyl (C=O) groups is 2. The van der Waals surface area contributed by atoms with E-state index in [9.17, 15) is 9.59 Å². The van der Waals surface area contributed by atoms with Gasteiger partial charge < -0.3 is 15.0 Å². The van der Waals surface area contributed by atoms with E-state index in [1.54, 1.807) is 48.5 Å². The number of nitrogens with one attached hydrogen (secondary N) is 2. The van der Waals surface area contributed by atoms with Crippen molar-refractivity contribution in [2.45, 2.75) is 33.6 Å². The standard InChI is InChI=1S/C23H29N3O3S/c1-4-14-26(15-5-2)22(28)17-10-12-19(13-11-17)24-23(30)25-21(27)18-8-7-9-20(16-18)29-6-3/h7-13,16H,4-6,14-15H2,1-3H3,(H2,24,25,27,30). The summed E-state index contributed by atoms with van der Waals surface area (Å²) in [4.78, 5) is 26.9. The zero-order valence-corrected chi connectivity index (χ0v) is 18.6. The smallest absolute Gasteiger partial charge is 0.257 e. The molecule has 0 aliphatic rings. The van der Waals surface area contributed by atoms with Crippen LogP contribution in [0.4, 0.5) is 5.69 Å². The van der Waals surface area contributed by atoms with E-state index < -0.39 is 0 Å². The molecule has 0 saturated carbocycles. The van der Waals surface area contributed by atoms with Gasteiger partial charge in [0.2, 0.25) is 0 Å². The number of nitrogens with zero attached hydrogens (tertiary/aromatic N) is 1. The molecule has 2 amide bonds. The minimum atomic E-state index is -0.323. The van der Waals surface area contributed by atoms with Crippen LogP contribution in [0, 0.1) is 0 Å². The lowest BCUT2D eigenvalue weighted by Gasteiger charge is -2.21. The second kappa shape index (κ2) is 11.9. The Kier molecular flexibility index (Phi) is 9.28. The third kappa shape index (κ3) is 6.84. The van der Waals surface area contributed by atoms with E-state index in [0.29, 0.717) is 29.2 Å². The highest BCUT2D eigenvalue weighted by molar-refractivity contribution is 7.80. The van der Waals surface area contributed by atoms with E-state index in [1.807, 2.05) is 11.8 Å². The average molecular weight is 428 g/mol. The van der Waals surface area contributed by atoms with Crippen molar-refractivity contribution in [3.63, 3.8) is 0 Å². The van der Waals surface area contributed by atoms with Gasteiger partial charge in [0.1, 0.15) is 5.75 Å². The summed E-state index contributed by atoms with van der Waals surface area (Å²) in [5.74, 6) is 0.329. The predicted molar refractivity (Wildman–Crippen MR) is 124 cm³/mol. The maximum absolute atomic E-state index is 12.6. The van der Waals surface area contributed by atoms with Crippen molar-refractivity contribution < 1.29 is 14.3 Å². The summed E-state index contributed by atoms with van der Waals surface area (Å²) in [6.45, 7) is 8.02. The van der Waals surface area contributed by atoms with E-state index >= 15 is 0 Å². The fraction of sp³-hybridized carbons (Fsp3) is 0.348. The molecule has 7 heteroatoms. The van der Waals surface area contributed by atoms with Gasteiger partial charge in [0, 0.05) is 29.9 Å². The molecule has 2 aromatic rings. The largest absolute Gasteiger partial charge is 0.494 e. The van der Waals surface area contributed by atoms with Crippen molar-refractivity contribution in [2.75, 3.05) is 25.0 Å². The molecule has 0 aliphatic heterocycles. The molecular formula is C23H29N3O3S. The molecule has 0 unspecified atom stereocenters. The quantitative estimate of drug-likeness (QED) is 0.578. The summed E-state index contributed by atoms with van der Waals surface area (Å²) < 4.78 is 5.42. The summed E-state index contributed by atoms with van der Waals surface area (Å²) in [5, 5.41) is 5.81. The molecule has 0 fully saturated rings. The summed E-state index contributed by atoms with van der Waals surface area (Å²) in [6, 6.07) is 14.0. The third-order valence-corrected chi connectivity index (χ3v) is 4.50. The van der Waals surface area contributed by atoms with E-state index in [0.717, 1.165) is 25.9 Å². The summed E-state index contributed by atoms with van der Waals surface area (Å²) >= 11 is 5.24. The van der Waals surface area contributed by atoms with Gasteiger partial charge in [0.05, 0.1) is 6.61 Å². The van der Waals surface area contributed by atoms with Crippen LogP contribution in [-0.2, 0) is 0 Å². The summed E-state index contributed by atoms with van der Waals surface area (Å²) in [7, 11) is 0. The number of carbonyl (C=O) groups excluding carboxylic acids is 2. The lowest BCUT2D eigenvalue weighted by Crippen LogP contribution is -2.34. The van der Waals surface area contributed by atoms with Gasteiger partial charge in [-0.05, 0) is 74.4 Å². The summed E-state index contributed by atoms with van der Waals surface area (Å²) in [6.07, 6.45) is 1.85. The third-order valence-electron chi connectivity index (χ3n) is 4.30. The van der Waals surface area contributed by atoms with Crippen LogP contribution in [0.1, 0.15) is 54.3 Å². The molecular weight excluding hydrogens is 398 g/mol. The van der Waals surface area contributed by atoms with Gasteiger partial charge in [-0.25, -0.2) is 0 Å². The van der Waals surface area contributed by atoms with Gasteiger partial charge in [-0.3, -0.25) is 14.9 Å². The number of anilines is 1. The number of rotatable bonds is 9. The Labute approximate surface area is 183 Å². The van der Waals surface area contributed by atoms with Gasteiger partial charge in [-0.2, -0.15) is 0 Å². The number of ether oxygens (including phenoxy) is 1. The first-order chi connectivity index (χ1) is 14.5. The van der Waals surface area contributed by atoms with Gasteiger partial charge in [0.25, 0.3) is 11.8 Å². The molecule has 160 valence electrons. The monoisotopic (exact) mass is 427 g/mol. The second-order valence-corrected chi connectivity index (χ2v) is 7.15. The van der Waals surface area contributed by atoms with Crippen LogP contribution in [0.5, 0.6) is 5.75 Å². The second-order valence-electron chi connectivity index (χ2n) is 6.74. The molecule has 0 bridgehead atoms. The van der Waals surface area contributed by atoms with Gasteiger partial charge >= 0.3 is 0 Å². The number of benzene rings is 2. The van der Waals surface area contributed by atoms with Crippen LogP contribution in [0.15, 0.2) is 48.5 Å². The van der Waals surface area contributed by atoms with Crippen molar-refractivity contribution in [3.05, 3.63) is 59.7 Å². The molecule has 0 heterocycles. The van der Waals surface area contributed by atoms with Crippen molar-refractivity contribution in [2.24, 2.45) is 0 Å². The van der Waals surface area contributed by atoms with Crippen molar-refractivity contribution in [1.29, 1.82) is 0 Å². The Morgan fingerprint density at radius 1 is 0.967 bits per heavy atom. The fourth-order valence-electron chi connectivity index (χ4n) is 2.96. The first kappa shape index (κ1) is 23.3. The maximum Gasteiger partial charge on any atom is 0.257 e. The fourth-order valence-corrected chi connectivity index (χ4v) is 3.18. The zero-order valence-electron chi connectivity index (χ0n) is 17.7. The van der Waals surface area contributed by atoms with Gasteiger partial charge in [-0.1, -0.05) is 19.9 Å². The van der Waals surface area contributed by atoms with Gasteiger partial charge in [0.15, 0.2) is 5.11 Å². The van der Waals surface area contributed by atoms with Crippen LogP contribution in [0.25, 0.3) is 0 Å². The molecule has 0 aromatic heterocycles. The topological polar surface area (TPSA) is 70.7 Å². The average Bonchev–Trinajstić information content (AvgIpc) is 2.74. The molecule has 6 nitrogen and oxygen atoms in total. The molecule has 2 rings (SSSR count). The first-order valence-corrected chi connectivity index (χ1v) is 10.6. The van der Waals surface area contributed by atoms with Crippen LogP contribution in [0.2, 0.25) is 0 Å². The van der Waals surface area contributed by atoms with Gasteiger partial charge in [-0.15, -0.1) is 0 Å². The highest BCUT2D eigenvalue weighted by Gasteiger charge is 2.14. The number of thiocarbonyl (C=S) groups is 1. The predicted octanol–water partition coefficient (Wildman–Crippen LogP) is 4.47. The Hall–Kier alpha value is -2.93. The van der Waals surface area contributed by atoms with E-state index in [2.05, 4.69) is 24.5 Å². The molecule has 2 aromatic carbocycles. The highest BCUT2D eigenvalue weighted by atomic mass is 32.1. The Bertz CT molecular complexity index is 862. The molecule has 0 radical (unpaired) electrons. The van der Waals surface area contributed by atoms with E-state index in [1.165, 1.54) is 0 Å². The minimum absolute atomic E-state index is 0.0234. The first-order valence-electron chi connectivity index (χ1n) is 10.2. The maximum atomic E-state index is 12.6. The van der Waals surface area contributed by atoms with Crippen LogP contribution in [0.3, 0.4) is 0 Å². The van der Waals surface area contributed by atoms with Crippen LogP contribution < -0.4 is 15.4 Å². The van der Waals surface area contributed by atoms with E-state index in [-0.39, 0.29) is 16.9 Å². The lowest BCUT2D eigenvalue weighted by atomic mass is 10.1. The van der Waals surface area contributed by atoms with E-state index in [4.69, 9.17) is 17.0 Å². The molecule has 0 saturated heterocycles. The van der Waals surface area contributed by atoms with Crippen molar-refractivity contribution in [3.8, 4) is 5.75 Å². The Balaban J connectivity index is 1.96. The molecule has 0 atom stereocenters. The Morgan fingerprint density at radius 3 is 2.23 bits per heavy atom. The number of hydrogen-bond donors (Lipinski definition) is 2. The number of amides is 2. The van der Waals surface area contributed by atoms with Crippen LogP contribution in [-0.4, -0.2) is 41.5 Å². The number of hydrogen-bond acceptors (Lipinski definition) is 4. The lowest BCUT2D eigenvalue weighted by molar-refractivity contribution is 0.0755.